The van der Waals surface area contributed by atoms with Gasteiger partial charge in [-0.3, -0.25) is 9.59 Å². The van der Waals surface area contributed by atoms with Crippen molar-refractivity contribution in [3.63, 3.8) is 0 Å². The fourth-order valence-corrected chi connectivity index (χ4v) is 3.90. The second-order valence-corrected chi connectivity index (χ2v) is 8.39. The second-order valence-electron chi connectivity index (χ2n) is 8.39. The molecule has 166 valence electrons. The van der Waals surface area contributed by atoms with Gasteiger partial charge in [-0.05, 0) is 51.1 Å². The monoisotopic (exact) mass is 422 g/mol. The third-order valence-corrected chi connectivity index (χ3v) is 5.68. The van der Waals surface area contributed by atoms with Crippen molar-refractivity contribution in [1.29, 1.82) is 0 Å². The molecule has 2 N–H and O–H groups in total. The molecule has 0 unspecified atom stereocenters. The lowest BCUT2D eigenvalue weighted by atomic mass is 10.0. The standard InChI is InChI=1S/C25H34N4O2/c1-28(2)19-16-26-25(31)22-10-6-7-11-23(22)29-17-14-21(15-18-29)27-24(30)13-12-20-8-4-3-5-9-20/h3-11,21H,12-19H2,1-2H3,(H,26,31)(H,27,30). The lowest BCUT2D eigenvalue weighted by molar-refractivity contribution is -0.121. The van der Waals surface area contributed by atoms with E-state index in [1.54, 1.807) is 0 Å². The molecule has 1 heterocycles. The van der Waals surface area contributed by atoms with Crippen molar-refractivity contribution < 1.29 is 9.59 Å². The smallest absolute Gasteiger partial charge is 0.253 e. The molecule has 0 radical (unpaired) electrons. The maximum atomic E-state index is 12.7. The normalized spacial score (nSPS) is 14.5. The van der Waals surface area contributed by atoms with Crippen LogP contribution in [0, 0.1) is 0 Å². The molecule has 2 aromatic carbocycles. The summed E-state index contributed by atoms with van der Waals surface area (Å²) < 4.78 is 0. The number of carbonyl (C=O) groups is 2. The molecule has 6 heteroatoms. The minimum absolute atomic E-state index is 0.0335. The molecule has 0 aromatic heterocycles. The first-order valence-electron chi connectivity index (χ1n) is 11.1. The van der Waals surface area contributed by atoms with E-state index in [4.69, 9.17) is 0 Å². The van der Waals surface area contributed by atoms with Crippen LogP contribution in [0.15, 0.2) is 54.6 Å². The summed E-state index contributed by atoms with van der Waals surface area (Å²) in [5.74, 6) is 0.0803. The van der Waals surface area contributed by atoms with Gasteiger partial charge in [-0.25, -0.2) is 0 Å². The molecule has 3 rings (SSSR count). The molecule has 6 nitrogen and oxygen atoms in total. The largest absolute Gasteiger partial charge is 0.371 e. The predicted octanol–water partition coefficient (Wildman–Crippen LogP) is 2.70. The van der Waals surface area contributed by atoms with E-state index < -0.39 is 0 Å². The number of amides is 2. The topological polar surface area (TPSA) is 64.7 Å². The number of carbonyl (C=O) groups excluding carboxylic acids is 2. The Morgan fingerprint density at radius 2 is 1.68 bits per heavy atom. The number of para-hydroxylation sites is 1. The summed E-state index contributed by atoms with van der Waals surface area (Å²) in [4.78, 5) is 29.3. The molecule has 1 aliphatic heterocycles. The van der Waals surface area contributed by atoms with E-state index in [0.29, 0.717) is 18.5 Å². The Balaban J connectivity index is 1.48. The first-order chi connectivity index (χ1) is 15.0. The lowest BCUT2D eigenvalue weighted by Crippen LogP contribution is -2.45. The number of piperidine rings is 1. The van der Waals surface area contributed by atoms with E-state index in [-0.39, 0.29) is 17.9 Å². The first-order valence-corrected chi connectivity index (χ1v) is 11.1. The Kier molecular flexibility index (Phi) is 8.47. The lowest BCUT2D eigenvalue weighted by Gasteiger charge is -2.35. The molecule has 2 aromatic rings. The number of hydrogen-bond acceptors (Lipinski definition) is 4. The Labute approximate surface area is 185 Å². The SMILES string of the molecule is CN(C)CCNC(=O)c1ccccc1N1CCC(NC(=O)CCc2ccccc2)CC1. The number of nitrogens with zero attached hydrogens (tertiary/aromatic N) is 2. The Morgan fingerprint density at radius 3 is 2.39 bits per heavy atom. The zero-order valence-corrected chi connectivity index (χ0v) is 18.6. The number of benzene rings is 2. The highest BCUT2D eigenvalue weighted by molar-refractivity contribution is 5.99. The van der Waals surface area contributed by atoms with Crippen LogP contribution >= 0.6 is 0 Å². The summed E-state index contributed by atoms with van der Waals surface area (Å²) >= 11 is 0. The van der Waals surface area contributed by atoms with E-state index in [2.05, 4.69) is 27.7 Å². The molecule has 1 saturated heterocycles. The third kappa shape index (κ3) is 7.10. The first kappa shape index (κ1) is 22.8. The minimum atomic E-state index is -0.0335. The fourth-order valence-electron chi connectivity index (χ4n) is 3.90. The third-order valence-electron chi connectivity index (χ3n) is 5.68. The fraction of sp³-hybridized carbons (Fsp3) is 0.440. The Bertz CT molecular complexity index is 846. The highest BCUT2D eigenvalue weighted by atomic mass is 16.2. The quantitative estimate of drug-likeness (QED) is 0.652. The van der Waals surface area contributed by atoms with Crippen molar-refractivity contribution >= 4 is 17.5 Å². The Hall–Kier alpha value is -2.86. The van der Waals surface area contributed by atoms with Crippen molar-refractivity contribution in [3.8, 4) is 0 Å². The van der Waals surface area contributed by atoms with Gasteiger partial charge in [0, 0.05) is 44.3 Å². The van der Waals surface area contributed by atoms with Gasteiger partial charge in [0.2, 0.25) is 5.91 Å². The van der Waals surface area contributed by atoms with Gasteiger partial charge in [0.05, 0.1) is 5.56 Å². The second kappa shape index (κ2) is 11.5. The van der Waals surface area contributed by atoms with Crippen LogP contribution in [-0.4, -0.2) is 63.0 Å². The summed E-state index contributed by atoms with van der Waals surface area (Å²) in [6.07, 6.45) is 3.04. The van der Waals surface area contributed by atoms with Crippen LogP contribution in [0.25, 0.3) is 0 Å². The summed E-state index contributed by atoms with van der Waals surface area (Å²) in [5, 5.41) is 6.20. The average molecular weight is 423 g/mol. The maximum absolute atomic E-state index is 12.7. The number of anilines is 1. The Morgan fingerprint density at radius 1 is 1.00 bits per heavy atom. The van der Waals surface area contributed by atoms with E-state index in [1.165, 1.54) is 5.56 Å². The minimum Gasteiger partial charge on any atom is -0.371 e. The summed E-state index contributed by atoms with van der Waals surface area (Å²) in [6.45, 7) is 3.08. The number of nitrogens with one attached hydrogen (secondary N) is 2. The van der Waals surface area contributed by atoms with Gasteiger partial charge >= 0.3 is 0 Å². The van der Waals surface area contributed by atoms with Crippen molar-refractivity contribution in [3.05, 3.63) is 65.7 Å². The van der Waals surface area contributed by atoms with Crippen molar-refractivity contribution in [2.24, 2.45) is 0 Å². The van der Waals surface area contributed by atoms with E-state index in [1.807, 2.05) is 61.5 Å². The highest BCUT2D eigenvalue weighted by Gasteiger charge is 2.23. The molecular weight excluding hydrogens is 388 g/mol. The van der Waals surface area contributed by atoms with Gasteiger partial charge < -0.3 is 20.4 Å². The van der Waals surface area contributed by atoms with Crippen LogP contribution in [-0.2, 0) is 11.2 Å². The highest BCUT2D eigenvalue weighted by Crippen LogP contribution is 2.24. The van der Waals surface area contributed by atoms with Crippen LogP contribution in [0.3, 0.4) is 0 Å². The maximum Gasteiger partial charge on any atom is 0.253 e. The predicted molar refractivity (Wildman–Crippen MR) is 125 cm³/mol. The molecule has 31 heavy (non-hydrogen) atoms. The summed E-state index contributed by atoms with van der Waals surface area (Å²) in [7, 11) is 3.98. The average Bonchev–Trinajstić information content (AvgIpc) is 2.78. The molecule has 0 bridgehead atoms. The van der Waals surface area contributed by atoms with Gasteiger partial charge in [-0.1, -0.05) is 42.5 Å². The van der Waals surface area contributed by atoms with E-state index >= 15 is 0 Å². The number of hydrogen-bond donors (Lipinski definition) is 2. The van der Waals surface area contributed by atoms with Crippen LogP contribution in [0.5, 0.6) is 0 Å². The van der Waals surface area contributed by atoms with Crippen LogP contribution in [0.4, 0.5) is 5.69 Å². The van der Waals surface area contributed by atoms with Gasteiger partial charge in [-0.2, -0.15) is 0 Å². The zero-order valence-electron chi connectivity index (χ0n) is 18.6. The van der Waals surface area contributed by atoms with Crippen LogP contribution in [0.1, 0.15) is 35.2 Å². The van der Waals surface area contributed by atoms with E-state index in [9.17, 15) is 9.59 Å². The van der Waals surface area contributed by atoms with Crippen LogP contribution in [0.2, 0.25) is 0 Å². The van der Waals surface area contributed by atoms with Crippen molar-refractivity contribution in [1.82, 2.24) is 15.5 Å². The number of aryl methyl sites for hydroxylation is 1. The van der Waals surface area contributed by atoms with Crippen LogP contribution < -0.4 is 15.5 Å². The number of rotatable bonds is 9. The van der Waals surface area contributed by atoms with Crippen molar-refractivity contribution in [2.75, 3.05) is 45.2 Å². The molecule has 0 atom stereocenters. The molecular formula is C25H34N4O2. The van der Waals surface area contributed by atoms with Crippen molar-refractivity contribution in [2.45, 2.75) is 31.7 Å². The molecule has 0 spiro atoms. The molecule has 1 aliphatic rings. The van der Waals surface area contributed by atoms with Gasteiger partial charge in [0.1, 0.15) is 0 Å². The molecule has 1 fully saturated rings. The number of likely N-dealkylation sites (N-methyl/N-ethyl adjacent to an activating group) is 1. The molecule has 0 aliphatic carbocycles. The summed E-state index contributed by atoms with van der Waals surface area (Å²) in [6, 6.07) is 18.1. The summed E-state index contributed by atoms with van der Waals surface area (Å²) in [5.41, 5.74) is 2.87. The molecule has 2 amide bonds. The van der Waals surface area contributed by atoms with E-state index in [0.717, 1.165) is 44.6 Å². The van der Waals surface area contributed by atoms with Gasteiger partial charge in [0.15, 0.2) is 0 Å². The van der Waals surface area contributed by atoms with Gasteiger partial charge in [0.25, 0.3) is 5.91 Å². The zero-order chi connectivity index (χ0) is 22.1. The van der Waals surface area contributed by atoms with Gasteiger partial charge in [-0.15, -0.1) is 0 Å². The molecule has 0 saturated carbocycles.